The molecule has 3 heterocycles. The van der Waals surface area contributed by atoms with E-state index in [2.05, 4.69) is 10.6 Å². The zero-order chi connectivity index (χ0) is 26.8. The van der Waals surface area contributed by atoms with Gasteiger partial charge in [0.2, 0.25) is 5.91 Å². The lowest BCUT2D eigenvalue weighted by Crippen LogP contribution is -2.73. The largest absolute Gasteiger partial charge is 0.466 e. The van der Waals surface area contributed by atoms with Gasteiger partial charge in [-0.15, -0.1) is 0 Å². The van der Waals surface area contributed by atoms with Gasteiger partial charge in [-0.2, -0.15) is 13.2 Å². The Kier molecular flexibility index (Phi) is 5.76. The van der Waals surface area contributed by atoms with Gasteiger partial charge in [0.1, 0.15) is 17.2 Å². The van der Waals surface area contributed by atoms with Gasteiger partial charge in [0.05, 0.1) is 12.2 Å². The van der Waals surface area contributed by atoms with E-state index in [4.69, 9.17) is 16.3 Å². The number of hydrogen-bond donors (Lipinski definition) is 3. The maximum Gasteiger partial charge on any atom is 0.437 e. The number of halogens is 4. The van der Waals surface area contributed by atoms with Crippen LogP contribution >= 0.6 is 11.6 Å². The number of ketones is 1. The summed E-state index contributed by atoms with van der Waals surface area (Å²) in [6.45, 7) is 0.594. The van der Waals surface area contributed by atoms with E-state index in [1.165, 1.54) is 49.4 Å². The number of rotatable bonds is 4. The number of aliphatic hydroxyl groups is 1. The molecule has 0 aromatic heterocycles. The van der Waals surface area contributed by atoms with Crippen molar-refractivity contribution in [1.82, 2.24) is 10.2 Å². The van der Waals surface area contributed by atoms with Gasteiger partial charge in [0.15, 0.2) is 5.78 Å². The molecule has 1 fully saturated rings. The fourth-order valence-corrected chi connectivity index (χ4v) is 5.70. The third-order valence-corrected chi connectivity index (χ3v) is 7.26. The topological polar surface area (TPSA) is 108 Å². The molecule has 3 atom stereocenters. The van der Waals surface area contributed by atoms with Crippen LogP contribution in [0.15, 0.2) is 59.9 Å². The standard InChI is InChI=1S/C25H21ClF3N3O5/c1-2-37-21(34)19-23(15-5-3-4-6-16(15)31-22(23)35)17(18(33)13-7-9-14(26)10-8-13)20-30-11-12-32(20)24(19,36)25(27,28)29/h3-10,19,30,36H,2,11-12H2,1H3,(H,31,35)/t19-,23-,24+/m0/s1. The lowest BCUT2D eigenvalue weighted by Gasteiger charge is -2.53. The molecule has 3 N–H and O–H groups in total. The second-order valence-corrected chi connectivity index (χ2v) is 9.29. The molecule has 3 aliphatic rings. The number of carbonyl (C=O) groups is 3. The van der Waals surface area contributed by atoms with E-state index in [-0.39, 0.29) is 35.8 Å². The van der Waals surface area contributed by atoms with Crippen molar-refractivity contribution in [1.29, 1.82) is 0 Å². The van der Waals surface area contributed by atoms with Crippen molar-refractivity contribution < 1.29 is 37.4 Å². The molecule has 37 heavy (non-hydrogen) atoms. The van der Waals surface area contributed by atoms with E-state index in [0.29, 0.717) is 9.92 Å². The Labute approximate surface area is 214 Å². The van der Waals surface area contributed by atoms with Crippen LogP contribution in [0.4, 0.5) is 18.9 Å². The number of fused-ring (bicyclic) bond motifs is 3. The number of para-hydroxylation sites is 1. The molecule has 1 saturated heterocycles. The molecule has 1 spiro atoms. The summed E-state index contributed by atoms with van der Waals surface area (Å²) in [5.41, 5.74) is -6.78. The van der Waals surface area contributed by atoms with Crippen molar-refractivity contribution in [3.63, 3.8) is 0 Å². The van der Waals surface area contributed by atoms with Crippen LogP contribution in [-0.2, 0) is 19.7 Å². The zero-order valence-electron chi connectivity index (χ0n) is 19.4. The highest BCUT2D eigenvalue weighted by atomic mass is 35.5. The number of benzene rings is 2. The predicted octanol–water partition coefficient (Wildman–Crippen LogP) is 2.97. The van der Waals surface area contributed by atoms with Crippen LogP contribution in [0.1, 0.15) is 22.8 Å². The molecule has 194 valence electrons. The Bertz CT molecular complexity index is 1350. The van der Waals surface area contributed by atoms with Gasteiger partial charge in [-0.1, -0.05) is 29.8 Å². The Hall–Kier alpha value is -3.57. The van der Waals surface area contributed by atoms with Gasteiger partial charge in [0.25, 0.3) is 5.72 Å². The highest BCUT2D eigenvalue weighted by Gasteiger charge is 2.78. The van der Waals surface area contributed by atoms with Crippen molar-refractivity contribution in [3.05, 3.63) is 76.1 Å². The molecule has 1 amide bonds. The number of nitrogens with one attached hydrogen (secondary N) is 2. The molecule has 8 nitrogen and oxygen atoms in total. The van der Waals surface area contributed by atoms with Crippen molar-refractivity contribution >= 4 is 34.9 Å². The molecule has 0 bridgehead atoms. The molecule has 0 unspecified atom stereocenters. The Morgan fingerprint density at radius 3 is 2.51 bits per heavy atom. The first-order chi connectivity index (χ1) is 17.5. The number of carbonyl (C=O) groups excluding carboxylic acids is 3. The minimum absolute atomic E-state index is 0.0252. The summed E-state index contributed by atoms with van der Waals surface area (Å²) in [6, 6.07) is 11.4. The predicted molar refractivity (Wildman–Crippen MR) is 125 cm³/mol. The molecule has 0 radical (unpaired) electrons. The minimum Gasteiger partial charge on any atom is -0.466 e. The van der Waals surface area contributed by atoms with E-state index in [1.807, 2.05) is 0 Å². The van der Waals surface area contributed by atoms with Gasteiger partial charge in [-0.25, -0.2) is 0 Å². The van der Waals surface area contributed by atoms with E-state index in [1.54, 1.807) is 6.07 Å². The number of anilines is 1. The summed E-state index contributed by atoms with van der Waals surface area (Å²) in [5, 5.41) is 17.1. The lowest BCUT2D eigenvalue weighted by atomic mass is 9.58. The Balaban J connectivity index is 1.93. The second kappa shape index (κ2) is 8.49. The minimum atomic E-state index is -5.43. The molecule has 2 aromatic carbocycles. The van der Waals surface area contributed by atoms with E-state index in [0.717, 1.165) is 0 Å². The monoisotopic (exact) mass is 535 g/mol. The highest BCUT2D eigenvalue weighted by molar-refractivity contribution is 6.30. The average Bonchev–Trinajstić information content (AvgIpc) is 3.43. The highest BCUT2D eigenvalue weighted by Crippen LogP contribution is 2.60. The molecule has 0 saturated carbocycles. The van der Waals surface area contributed by atoms with Crippen LogP contribution < -0.4 is 10.6 Å². The number of hydrogen-bond acceptors (Lipinski definition) is 7. The van der Waals surface area contributed by atoms with E-state index < -0.39 is 53.0 Å². The summed E-state index contributed by atoms with van der Waals surface area (Å²) in [6.07, 6.45) is -5.43. The van der Waals surface area contributed by atoms with Crippen LogP contribution in [-0.4, -0.2) is 59.3 Å². The maximum atomic E-state index is 14.9. The smallest absolute Gasteiger partial charge is 0.437 e. The van der Waals surface area contributed by atoms with Gasteiger partial charge >= 0.3 is 12.1 Å². The molecule has 0 aliphatic carbocycles. The fraction of sp³-hybridized carbons (Fsp3) is 0.320. The van der Waals surface area contributed by atoms with Crippen LogP contribution in [0.3, 0.4) is 0 Å². The summed E-state index contributed by atoms with van der Waals surface area (Å²) in [4.78, 5) is 42.0. The van der Waals surface area contributed by atoms with Gasteiger partial charge < -0.3 is 25.4 Å². The van der Waals surface area contributed by atoms with Crippen LogP contribution in [0.5, 0.6) is 0 Å². The van der Waals surface area contributed by atoms with Gasteiger partial charge in [-0.05, 0) is 42.8 Å². The lowest BCUT2D eigenvalue weighted by molar-refractivity contribution is -0.334. The summed E-state index contributed by atoms with van der Waals surface area (Å²) >= 11 is 5.96. The quantitative estimate of drug-likeness (QED) is 0.408. The number of amides is 1. The summed E-state index contributed by atoms with van der Waals surface area (Å²) in [7, 11) is 0. The van der Waals surface area contributed by atoms with E-state index in [9.17, 15) is 32.7 Å². The first-order valence-electron chi connectivity index (χ1n) is 11.4. The molecule has 5 rings (SSSR count). The molecular weight excluding hydrogens is 515 g/mol. The van der Waals surface area contributed by atoms with Crippen molar-refractivity contribution in [2.45, 2.75) is 24.2 Å². The van der Waals surface area contributed by atoms with Crippen LogP contribution in [0, 0.1) is 5.92 Å². The number of nitrogens with zero attached hydrogens (tertiary/aromatic N) is 1. The Morgan fingerprint density at radius 1 is 1.19 bits per heavy atom. The molecular formula is C25H21ClF3N3O5. The van der Waals surface area contributed by atoms with Gasteiger partial charge in [0, 0.05) is 29.4 Å². The average molecular weight is 536 g/mol. The third kappa shape index (κ3) is 3.30. The SMILES string of the molecule is CCOC(=O)[C@H]1[C@@]2(C(=O)Nc3ccccc32)C(C(=O)c2ccc(Cl)cc2)=C2NCCN2[C@]1(O)C(F)(F)F. The maximum absolute atomic E-state index is 14.9. The molecule has 2 aromatic rings. The molecule has 12 heteroatoms. The third-order valence-electron chi connectivity index (χ3n) is 7.01. The summed E-state index contributed by atoms with van der Waals surface area (Å²) in [5.74, 6) is -6.30. The van der Waals surface area contributed by atoms with E-state index >= 15 is 0 Å². The molecule has 3 aliphatic heterocycles. The zero-order valence-corrected chi connectivity index (χ0v) is 20.1. The first-order valence-corrected chi connectivity index (χ1v) is 11.8. The summed E-state index contributed by atoms with van der Waals surface area (Å²) < 4.78 is 49.6. The number of Topliss-reactive ketones (excluding diaryl/α,β-unsaturated/α-hetero) is 1. The van der Waals surface area contributed by atoms with Crippen LogP contribution in [0.2, 0.25) is 5.02 Å². The number of esters is 1. The normalized spacial score (nSPS) is 26.5. The van der Waals surface area contributed by atoms with Crippen molar-refractivity contribution in [2.75, 3.05) is 25.0 Å². The fourth-order valence-electron chi connectivity index (χ4n) is 5.58. The number of ether oxygens (including phenoxy) is 1. The second-order valence-electron chi connectivity index (χ2n) is 8.85. The van der Waals surface area contributed by atoms with Crippen molar-refractivity contribution in [2.24, 2.45) is 5.92 Å². The van der Waals surface area contributed by atoms with Crippen molar-refractivity contribution in [3.8, 4) is 0 Å². The number of alkyl halides is 3. The Morgan fingerprint density at radius 2 is 1.86 bits per heavy atom. The van der Waals surface area contributed by atoms with Crippen LogP contribution in [0.25, 0.3) is 0 Å². The first kappa shape index (κ1) is 25.1. The van der Waals surface area contributed by atoms with Gasteiger partial charge in [-0.3, -0.25) is 14.4 Å².